The van der Waals surface area contributed by atoms with Gasteiger partial charge in [0, 0.05) is 50.7 Å². The van der Waals surface area contributed by atoms with Gasteiger partial charge in [-0.1, -0.05) is 115 Å². The maximum Gasteiger partial charge on any atom is 0.136 e. The highest BCUT2D eigenvalue weighted by Crippen LogP contribution is 2.41. The van der Waals surface area contributed by atoms with E-state index in [2.05, 4.69) is 178 Å². The van der Waals surface area contributed by atoms with Gasteiger partial charge in [-0.05, 0) is 41.0 Å². The third-order valence-electron chi connectivity index (χ3n) is 7.17. The summed E-state index contributed by atoms with van der Waals surface area (Å²) in [5.41, 5.74) is 8.01. The fourth-order valence-electron chi connectivity index (χ4n) is 5.03. The summed E-state index contributed by atoms with van der Waals surface area (Å²) in [5.74, 6) is 0. The number of benzene rings is 5. The van der Waals surface area contributed by atoms with Gasteiger partial charge in [-0.15, -0.1) is 0 Å². The van der Waals surface area contributed by atoms with Crippen LogP contribution in [-0.2, 0) is 5.54 Å². The highest BCUT2D eigenvalue weighted by molar-refractivity contribution is 6.13. The molecule has 194 valence electrons. The second kappa shape index (κ2) is 11.4. The molecule has 0 bridgehead atoms. The molecule has 3 nitrogen and oxygen atoms in total. The summed E-state index contributed by atoms with van der Waals surface area (Å²) in [6.45, 7) is 0. The quantitative estimate of drug-likeness (QED) is 0.158. The number of nitrogens with zero attached hydrogens (tertiary/aromatic N) is 3. The molecule has 5 aromatic carbocycles. The van der Waals surface area contributed by atoms with Gasteiger partial charge in [0.2, 0.25) is 0 Å². The van der Waals surface area contributed by atoms with Gasteiger partial charge in [-0.25, -0.2) is 0 Å². The monoisotopic (exact) mass is 509 g/mol. The zero-order valence-electron chi connectivity index (χ0n) is 23.1. The van der Waals surface area contributed by atoms with Gasteiger partial charge < -0.3 is 9.80 Å². The Morgan fingerprint density at radius 3 is 1.03 bits per heavy atom. The third-order valence-corrected chi connectivity index (χ3v) is 7.17. The van der Waals surface area contributed by atoms with Gasteiger partial charge in [0.1, 0.15) is 5.54 Å². The topological polar surface area (TPSA) is 18.8 Å². The molecule has 0 aromatic heterocycles. The van der Waals surface area contributed by atoms with Gasteiger partial charge in [0.25, 0.3) is 0 Å². The normalized spacial score (nSPS) is 11.1. The maximum absolute atomic E-state index is 5.80. The molecule has 5 rings (SSSR count). The SMILES string of the molecule is CN(C)c1ccc(C(=NC(c2ccccc2)(c2ccccc2)c2ccccc2)c2ccc(N(C)C)cc2)cc1. The van der Waals surface area contributed by atoms with E-state index in [0.29, 0.717) is 0 Å². The van der Waals surface area contributed by atoms with Gasteiger partial charge in [-0.3, -0.25) is 4.99 Å². The van der Waals surface area contributed by atoms with Crippen molar-refractivity contribution in [1.29, 1.82) is 0 Å². The summed E-state index contributed by atoms with van der Waals surface area (Å²) in [5, 5.41) is 0. The Kier molecular flexibility index (Phi) is 7.60. The lowest BCUT2D eigenvalue weighted by Gasteiger charge is -2.33. The van der Waals surface area contributed by atoms with E-state index in [1.807, 2.05) is 0 Å². The minimum absolute atomic E-state index is 0.750. The number of aliphatic imine (C=N–C) groups is 1. The first-order valence-corrected chi connectivity index (χ1v) is 13.3. The summed E-state index contributed by atoms with van der Waals surface area (Å²) < 4.78 is 0. The summed E-state index contributed by atoms with van der Waals surface area (Å²) in [4.78, 5) is 10.0. The third kappa shape index (κ3) is 5.35. The Morgan fingerprint density at radius 2 is 0.744 bits per heavy atom. The largest absolute Gasteiger partial charge is 0.378 e. The van der Waals surface area contributed by atoms with Crippen LogP contribution in [0.4, 0.5) is 11.4 Å². The number of anilines is 2. The Labute approximate surface area is 232 Å². The molecule has 0 spiro atoms. The van der Waals surface area contributed by atoms with Crippen LogP contribution in [0.15, 0.2) is 145 Å². The molecule has 5 aromatic rings. The molecule has 0 radical (unpaired) electrons. The average Bonchev–Trinajstić information content (AvgIpc) is 2.99. The van der Waals surface area contributed by atoms with Crippen LogP contribution >= 0.6 is 0 Å². The van der Waals surface area contributed by atoms with Crippen molar-refractivity contribution in [2.24, 2.45) is 4.99 Å². The molecular formula is C36H35N3. The molecular weight excluding hydrogens is 474 g/mol. The molecule has 0 saturated heterocycles. The van der Waals surface area contributed by atoms with E-state index in [1.165, 1.54) is 0 Å². The van der Waals surface area contributed by atoms with E-state index in [4.69, 9.17) is 4.99 Å². The zero-order chi connectivity index (χ0) is 27.2. The highest BCUT2D eigenvalue weighted by Gasteiger charge is 2.36. The van der Waals surface area contributed by atoms with Crippen LogP contribution in [0.2, 0.25) is 0 Å². The summed E-state index contributed by atoms with van der Waals surface area (Å²) in [6, 6.07) is 49.3. The van der Waals surface area contributed by atoms with Crippen LogP contribution in [0.25, 0.3) is 0 Å². The lowest BCUT2D eigenvalue weighted by atomic mass is 9.77. The first-order valence-electron chi connectivity index (χ1n) is 13.3. The Bertz CT molecular complexity index is 1350. The second-order valence-corrected chi connectivity index (χ2v) is 10.2. The number of rotatable bonds is 8. The standard InChI is InChI=1S/C36H35N3/c1-38(2)33-24-20-28(21-25-33)35(29-22-26-34(27-23-29)39(3)4)37-36(30-14-8-5-9-15-30,31-16-10-6-11-17-31)32-18-12-7-13-19-32/h5-27H,1-4H3. The lowest BCUT2D eigenvalue weighted by Crippen LogP contribution is -2.29. The van der Waals surface area contributed by atoms with Crippen molar-refractivity contribution in [3.63, 3.8) is 0 Å². The van der Waals surface area contributed by atoms with Gasteiger partial charge in [0.15, 0.2) is 0 Å². The molecule has 0 aliphatic carbocycles. The van der Waals surface area contributed by atoms with Crippen molar-refractivity contribution >= 4 is 17.1 Å². The van der Waals surface area contributed by atoms with Crippen molar-refractivity contribution in [3.05, 3.63) is 167 Å². The van der Waals surface area contributed by atoms with Crippen LogP contribution in [0.5, 0.6) is 0 Å². The van der Waals surface area contributed by atoms with Crippen LogP contribution in [-0.4, -0.2) is 33.9 Å². The molecule has 0 unspecified atom stereocenters. The minimum Gasteiger partial charge on any atom is -0.378 e. The summed E-state index contributed by atoms with van der Waals surface area (Å²) in [7, 11) is 8.26. The molecule has 0 N–H and O–H groups in total. The molecule has 0 amide bonds. The van der Waals surface area contributed by atoms with E-state index >= 15 is 0 Å². The van der Waals surface area contributed by atoms with Gasteiger partial charge in [-0.2, -0.15) is 0 Å². The Hall–Kier alpha value is -4.63. The first kappa shape index (κ1) is 26.0. The van der Waals surface area contributed by atoms with E-state index in [0.717, 1.165) is 44.9 Å². The maximum atomic E-state index is 5.80. The Balaban J connectivity index is 1.85. The number of hydrogen-bond acceptors (Lipinski definition) is 3. The summed E-state index contributed by atoms with van der Waals surface area (Å²) >= 11 is 0. The zero-order valence-corrected chi connectivity index (χ0v) is 23.1. The lowest BCUT2D eigenvalue weighted by molar-refractivity contribution is 0.657. The van der Waals surface area contributed by atoms with Crippen LogP contribution in [0.1, 0.15) is 27.8 Å². The van der Waals surface area contributed by atoms with Crippen molar-refractivity contribution in [2.75, 3.05) is 38.0 Å². The smallest absolute Gasteiger partial charge is 0.136 e. The summed E-state index contributed by atoms with van der Waals surface area (Å²) in [6.07, 6.45) is 0. The average molecular weight is 510 g/mol. The predicted octanol–water partition coefficient (Wildman–Crippen LogP) is 7.65. The van der Waals surface area contributed by atoms with Crippen LogP contribution in [0, 0.1) is 0 Å². The molecule has 0 aliphatic rings. The van der Waals surface area contributed by atoms with E-state index in [9.17, 15) is 0 Å². The van der Waals surface area contributed by atoms with Crippen molar-refractivity contribution < 1.29 is 0 Å². The predicted molar refractivity (Wildman–Crippen MR) is 166 cm³/mol. The molecule has 3 heteroatoms. The molecule has 0 heterocycles. The number of hydrogen-bond donors (Lipinski definition) is 0. The fraction of sp³-hybridized carbons (Fsp3) is 0.139. The van der Waals surface area contributed by atoms with Crippen LogP contribution in [0.3, 0.4) is 0 Å². The van der Waals surface area contributed by atoms with Crippen molar-refractivity contribution in [2.45, 2.75) is 5.54 Å². The van der Waals surface area contributed by atoms with Crippen molar-refractivity contribution in [1.82, 2.24) is 0 Å². The fourth-order valence-corrected chi connectivity index (χ4v) is 5.03. The molecule has 39 heavy (non-hydrogen) atoms. The van der Waals surface area contributed by atoms with Crippen LogP contribution < -0.4 is 9.80 Å². The minimum atomic E-state index is -0.750. The van der Waals surface area contributed by atoms with Crippen molar-refractivity contribution in [3.8, 4) is 0 Å². The molecule has 0 fully saturated rings. The Morgan fingerprint density at radius 1 is 0.436 bits per heavy atom. The molecule has 0 aliphatic heterocycles. The highest BCUT2D eigenvalue weighted by atomic mass is 15.1. The van der Waals surface area contributed by atoms with E-state index in [1.54, 1.807) is 0 Å². The van der Waals surface area contributed by atoms with E-state index < -0.39 is 5.54 Å². The molecule has 0 saturated carbocycles. The first-order chi connectivity index (χ1) is 19.0. The van der Waals surface area contributed by atoms with Gasteiger partial charge in [0.05, 0.1) is 5.71 Å². The van der Waals surface area contributed by atoms with Gasteiger partial charge >= 0.3 is 0 Å². The second-order valence-electron chi connectivity index (χ2n) is 10.2. The van der Waals surface area contributed by atoms with E-state index in [-0.39, 0.29) is 0 Å². The molecule has 0 atom stereocenters.